The summed E-state index contributed by atoms with van der Waals surface area (Å²) in [4.78, 5) is 11.8. The second-order valence-electron chi connectivity index (χ2n) is 5.43. The van der Waals surface area contributed by atoms with Gasteiger partial charge in [0.05, 0.1) is 13.2 Å². The number of aliphatic hydroxyl groups excluding tert-OH is 1. The highest BCUT2D eigenvalue weighted by Crippen LogP contribution is 2.18. The second-order valence-corrected chi connectivity index (χ2v) is 5.43. The summed E-state index contributed by atoms with van der Waals surface area (Å²) < 4.78 is 18.0. The van der Waals surface area contributed by atoms with Gasteiger partial charge in [-0.2, -0.15) is 0 Å². The van der Waals surface area contributed by atoms with Crippen molar-refractivity contribution in [1.82, 2.24) is 10.6 Å². The molecule has 0 saturated carbocycles. The third-order valence-electron chi connectivity index (χ3n) is 3.62. The fourth-order valence-corrected chi connectivity index (χ4v) is 2.29. The van der Waals surface area contributed by atoms with Gasteiger partial charge in [-0.3, -0.25) is 0 Å². The van der Waals surface area contributed by atoms with Gasteiger partial charge >= 0.3 is 6.03 Å². The Morgan fingerprint density at radius 2 is 1.92 bits per heavy atom. The molecule has 0 aliphatic rings. The van der Waals surface area contributed by atoms with Gasteiger partial charge < -0.3 is 20.5 Å². The van der Waals surface area contributed by atoms with Crippen molar-refractivity contribution in [1.29, 1.82) is 0 Å². The molecule has 2 aromatic carbocycles. The van der Waals surface area contributed by atoms with Crippen molar-refractivity contribution >= 4 is 6.03 Å². The number of aliphatic hydroxyl groups is 1. The van der Waals surface area contributed by atoms with E-state index in [1.54, 1.807) is 7.11 Å². The van der Waals surface area contributed by atoms with E-state index >= 15 is 0 Å². The number of aryl methyl sites for hydroxylation is 1. The molecule has 1 atom stereocenters. The van der Waals surface area contributed by atoms with Crippen molar-refractivity contribution < 1.29 is 19.0 Å². The number of hydrogen-bond acceptors (Lipinski definition) is 3. The summed E-state index contributed by atoms with van der Waals surface area (Å²) in [7, 11) is 1.61. The van der Waals surface area contributed by atoms with E-state index in [-0.39, 0.29) is 18.4 Å². The lowest BCUT2D eigenvalue weighted by molar-refractivity contribution is 0.173. The number of halogens is 1. The van der Waals surface area contributed by atoms with E-state index in [9.17, 15) is 14.3 Å². The Morgan fingerprint density at radius 3 is 2.54 bits per heavy atom. The maximum Gasteiger partial charge on any atom is 0.315 e. The molecule has 0 aromatic heterocycles. The van der Waals surface area contributed by atoms with Crippen molar-refractivity contribution in [3.8, 4) is 5.75 Å². The van der Waals surface area contributed by atoms with Crippen LogP contribution in [0.5, 0.6) is 5.75 Å². The van der Waals surface area contributed by atoms with Crippen LogP contribution in [0.25, 0.3) is 0 Å². The highest BCUT2D eigenvalue weighted by Gasteiger charge is 2.09. The van der Waals surface area contributed by atoms with Crippen LogP contribution in [0, 0.1) is 12.7 Å². The van der Waals surface area contributed by atoms with Crippen LogP contribution >= 0.6 is 0 Å². The van der Waals surface area contributed by atoms with Crippen LogP contribution in [0.1, 0.15) is 22.8 Å². The minimum atomic E-state index is -0.889. The van der Waals surface area contributed by atoms with Crippen LogP contribution in [0.15, 0.2) is 42.5 Å². The number of methoxy groups -OCH3 is 1. The van der Waals surface area contributed by atoms with Gasteiger partial charge in [0.2, 0.25) is 0 Å². The molecule has 0 aliphatic carbocycles. The normalized spacial score (nSPS) is 11.7. The van der Waals surface area contributed by atoms with E-state index in [1.165, 1.54) is 24.3 Å². The summed E-state index contributed by atoms with van der Waals surface area (Å²) in [5.41, 5.74) is 2.48. The number of benzene rings is 2. The number of carbonyl (C=O) groups is 1. The molecule has 2 aromatic rings. The van der Waals surface area contributed by atoms with Gasteiger partial charge in [-0.1, -0.05) is 24.3 Å². The molecule has 24 heavy (non-hydrogen) atoms. The molecule has 0 bridgehead atoms. The first-order chi connectivity index (χ1) is 11.5. The van der Waals surface area contributed by atoms with Crippen molar-refractivity contribution in [3.63, 3.8) is 0 Å². The average Bonchev–Trinajstić information content (AvgIpc) is 2.58. The van der Waals surface area contributed by atoms with Crippen LogP contribution in [0.3, 0.4) is 0 Å². The molecule has 0 saturated heterocycles. The lowest BCUT2D eigenvalue weighted by atomic mass is 10.1. The third-order valence-corrected chi connectivity index (χ3v) is 3.62. The number of hydrogen-bond donors (Lipinski definition) is 3. The molecule has 2 amide bonds. The van der Waals surface area contributed by atoms with Crippen LogP contribution < -0.4 is 15.4 Å². The molecule has 3 N–H and O–H groups in total. The van der Waals surface area contributed by atoms with E-state index in [2.05, 4.69) is 10.6 Å². The van der Waals surface area contributed by atoms with Crippen molar-refractivity contribution in [2.75, 3.05) is 13.7 Å². The fraction of sp³-hybridized carbons (Fsp3) is 0.278. The molecular formula is C18H21FN2O3. The van der Waals surface area contributed by atoms with E-state index < -0.39 is 6.10 Å². The number of rotatable bonds is 6. The molecule has 0 unspecified atom stereocenters. The van der Waals surface area contributed by atoms with Crippen molar-refractivity contribution in [2.24, 2.45) is 0 Å². The molecule has 0 radical (unpaired) electrons. The third kappa shape index (κ3) is 4.96. The number of carbonyl (C=O) groups excluding carboxylic acids is 1. The molecule has 5 nitrogen and oxygen atoms in total. The molecule has 2 rings (SSSR count). The van der Waals surface area contributed by atoms with Crippen LogP contribution in [0.2, 0.25) is 0 Å². The zero-order valence-corrected chi connectivity index (χ0v) is 13.7. The molecule has 0 fully saturated rings. The minimum absolute atomic E-state index is 0.0408. The first-order valence-corrected chi connectivity index (χ1v) is 7.58. The van der Waals surface area contributed by atoms with Gasteiger partial charge in [0.25, 0.3) is 0 Å². The van der Waals surface area contributed by atoms with Gasteiger partial charge in [-0.15, -0.1) is 0 Å². The monoisotopic (exact) mass is 332 g/mol. The van der Waals surface area contributed by atoms with Crippen molar-refractivity contribution in [3.05, 3.63) is 65.0 Å². The Labute approximate surface area is 140 Å². The first kappa shape index (κ1) is 17.7. The van der Waals surface area contributed by atoms with E-state index in [4.69, 9.17) is 4.74 Å². The lowest BCUT2D eigenvalue weighted by Crippen LogP contribution is -2.37. The standard InChI is InChI=1S/C18H21FN2O3/c1-12-9-13(3-8-17(12)24-2)10-20-18(23)21-11-16(22)14-4-6-15(19)7-5-14/h3-9,16,22H,10-11H2,1-2H3,(H2,20,21,23)/t16-/m0/s1. The van der Waals surface area contributed by atoms with E-state index in [1.807, 2.05) is 25.1 Å². The molecule has 0 heterocycles. The molecule has 6 heteroatoms. The zero-order valence-electron chi connectivity index (χ0n) is 13.7. The van der Waals surface area contributed by atoms with Gasteiger partial charge in [-0.25, -0.2) is 9.18 Å². The zero-order chi connectivity index (χ0) is 17.5. The highest BCUT2D eigenvalue weighted by molar-refractivity contribution is 5.73. The predicted octanol–water partition coefficient (Wildman–Crippen LogP) is 2.68. The Hall–Kier alpha value is -2.60. The summed E-state index contributed by atoms with van der Waals surface area (Å²) in [6.07, 6.45) is -0.889. The van der Waals surface area contributed by atoms with Gasteiger partial charge in [0.1, 0.15) is 11.6 Å². The predicted molar refractivity (Wildman–Crippen MR) is 89.3 cm³/mol. The van der Waals surface area contributed by atoms with Crippen LogP contribution in [-0.4, -0.2) is 24.8 Å². The number of ether oxygens (including phenoxy) is 1. The summed E-state index contributed by atoms with van der Waals surface area (Å²) in [5.74, 6) is 0.428. The Balaban J connectivity index is 1.79. The highest BCUT2D eigenvalue weighted by atomic mass is 19.1. The summed E-state index contributed by atoms with van der Waals surface area (Å²) >= 11 is 0. The maximum atomic E-state index is 12.8. The van der Waals surface area contributed by atoms with E-state index in [0.717, 1.165) is 16.9 Å². The van der Waals surface area contributed by atoms with Crippen LogP contribution in [-0.2, 0) is 6.54 Å². The topological polar surface area (TPSA) is 70.6 Å². The summed E-state index contributed by atoms with van der Waals surface area (Å²) in [6, 6.07) is 10.8. The molecule has 128 valence electrons. The van der Waals surface area contributed by atoms with Crippen LogP contribution in [0.4, 0.5) is 9.18 Å². The summed E-state index contributed by atoms with van der Waals surface area (Å²) in [5, 5.41) is 15.3. The molecular weight excluding hydrogens is 311 g/mol. The van der Waals surface area contributed by atoms with Gasteiger partial charge in [0.15, 0.2) is 0 Å². The molecule has 0 aliphatic heterocycles. The maximum absolute atomic E-state index is 12.8. The minimum Gasteiger partial charge on any atom is -0.496 e. The average molecular weight is 332 g/mol. The number of urea groups is 1. The van der Waals surface area contributed by atoms with E-state index in [0.29, 0.717) is 12.1 Å². The SMILES string of the molecule is COc1ccc(CNC(=O)NC[C@H](O)c2ccc(F)cc2)cc1C. The second kappa shape index (κ2) is 8.31. The number of nitrogens with one attached hydrogen (secondary N) is 2. The number of amides is 2. The smallest absolute Gasteiger partial charge is 0.315 e. The Bertz CT molecular complexity index is 689. The summed E-state index contributed by atoms with van der Waals surface area (Å²) in [6.45, 7) is 2.34. The quantitative estimate of drug-likeness (QED) is 0.762. The fourth-order valence-electron chi connectivity index (χ4n) is 2.29. The lowest BCUT2D eigenvalue weighted by Gasteiger charge is -2.13. The largest absolute Gasteiger partial charge is 0.496 e. The Kier molecular flexibility index (Phi) is 6.14. The van der Waals surface area contributed by atoms with Crippen molar-refractivity contribution in [2.45, 2.75) is 19.6 Å². The first-order valence-electron chi connectivity index (χ1n) is 7.58. The van der Waals surface area contributed by atoms with Gasteiger partial charge in [0, 0.05) is 13.1 Å². The Morgan fingerprint density at radius 1 is 1.21 bits per heavy atom. The molecule has 0 spiro atoms. The van der Waals surface area contributed by atoms with Gasteiger partial charge in [-0.05, 0) is 41.8 Å².